The molecule has 2 heterocycles. The zero-order valence-corrected chi connectivity index (χ0v) is 24.8. The second kappa shape index (κ2) is 12.9. The van der Waals surface area contributed by atoms with Crippen LogP contribution in [0.5, 0.6) is 23.0 Å². The number of aryl methyl sites for hydroxylation is 2. The summed E-state index contributed by atoms with van der Waals surface area (Å²) in [6, 6.07) is 13.2. The zero-order chi connectivity index (χ0) is 30.7. The van der Waals surface area contributed by atoms with E-state index in [1.165, 1.54) is 19.2 Å². The van der Waals surface area contributed by atoms with E-state index in [-0.39, 0.29) is 31.6 Å². The van der Waals surface area contributed by atoms with Gasteiger partial charge in [-0.25, -0.2) is 4.39 Å². The Bertz CT molecular complexity index is 1470. The first-order valence-corrected chi connectivity index (χ1v) is 14.6. The van der Waals surface area contributed by atoms with Crippen LogP contribution in [0.1, 0.15) is 55.0 Å². The number of nitrogens with one attached hydrogen (secondary N) is 1. The maximum atomic E-state index is 14.2. The lowest BCUT2D eigenvalue weighted by Gasteiger charge is -2.27. The number of carboxylic acid groups (broad SMARTS) is 1. The Balaban J connectivity index is 1.52. The average Bonchev–Trinajstić information content (AvgIpc) is 3.63. The highest BCUT2D eigenvalue weighted by molar-refractivity contribution is 5.94. The number of ether oxygens (including phenoxy) is 4. The van der Waals surface area contributed by atoms with Crippen molar-refractivity contribution in [2.45, 2.75) is 45.6 Å². The molecule has 10 heteroatoms. The van der Waals surface area contributed by atoms with Crippen LogP contribution in [-0.2, 0) is 22.4 Å². The van der Waals surface area contributed by atoms with Crippen molar-refractivity contribution in [3.8, 4) is 23.0 Å². The summed E-state index contributed by atoms with van der Waals surface area (Å²) < 4.78 is 36.5. The van der Waals surface area contributed by atoms with Crippen molar-refractivity contribution >= 4 is 17.6 Å². The van der Waals surface area contributed by atoms with E-state index < -0.39 is 23.8 Å². The standard InChI is InChI=1S/C33H37FN2O7/c1-5-19-12-23(34)13-20(6-2)30(19)35-28(37)17-36-16-25(22-14-26(40-4)32-27(15-22)42-18-43-32)29(33(38)39)31(36)21-8-10-24(11-9-21)41-7-3/h8-15,25,29,31H,5-7,16-18H2,1-4H3,(H,35,37)(H,38,39)/t25-,29?,31+/m1/s1. The zero-order valence-electron chi connectivity index (χ0n) is 24.8. The second-order valence-electron chi connectivity index (χ2n) is 10.7. The Labute approximate surface area is 250 Å². The van der Waals surface area contributed by atoms with E-state index in [2.05, 4.69) is 5.32 Å². The molecule has 1 saturated heterocycles. The number of aliphatic carboxylic acids is 1. The molecule has 0 bridgehead atoms. The molecule has 2 aliphatic heterocycles. The third-order valence-electron chi connectivity index (χ3n) is 8.16. The topological polar surface area (TPSA) is 107 Å². The summed E-state index contributed by atoms with van der Waals surface area (Å²) in [4.78, 5) is 28.5. The normalized spacial score (nSPS) is 19.3. The highest BCUT2D eigenvalue weighted by Gasteiger charge is 2.48. The molecule has 0 radical (unpaired) electrons. The largest absolute Gasteiger partial charge is 0.494 e. The minimum absolute atomic E-state index is 0.0478. The minimum atomic E-state index is -0.983. The number of benzene rings is 3. The molecule has 9 nitrogen and oxygen atoms in total. The Hall–Kier alpha value is -4.31. The maximum Gasteiger partial charge on any atom is 0.309 e. The summed E-state index contributed by atoms with van der Waals surface area (Å²) in [5.41, 5.74) is 3.50. The van der Waals surface area contributed by atoms with Crippen LogP contribution in [0.25, 0.3) is 0 Å². The number of likely N-dealkylation sites (tertiary alicyclic amines) is 1. The number of carbonyl (C=O) groups excluding carboxylic acids is 1. The predicted molar refractivity (Wildman–Crippen MR) is 159 cm³/mol. The smallest absolute Gasteiger partial charge is 0.309 e. The number of methoxy groups -OCH3 is 1. The lowest BCUT2D eigenvalue weighted by atomic mass is 9.82. The molecule has 2 aliphatic rings. The minimum Gasteiger partial charge on any atom is -0.494 e. The summed E-state index contributed by atoms with van der Waals surface area (Å²) in [7, 11) is 1.52. The SMILES string of the molecule is CCOc1ccc([C@H]2C(C(=O)O)[C@@H](c3cc(OC)c4c(c3)OCO4)CN2CC(=O)Nc2c(CC)cc(F)cc2CC)cc1. The molecule has 1 amide bonds. The first-order valence-electron chi connectivity index (χ1n) is 14.6. The van der Waals surface area contributed by atoms with E-state index in [0.29, 0.717) is 64.8 Å². The van der Waals surface area contributed by atoms with Crippen LogP contribution in [0.4, 0.5) is 10.1 Å². The van der Waals surface area contributed by atoms with Crippen LogP contribution in [0, 0.1) is 11.7 Å². The lowest BCUT2D eigenvalue weighted by molar-refractivity contribution is -0.143. The highest BCUT2D eigenvalue weighted by atomic mass is 19.1. The summed E-state index contributed by atoms with van der Waals surface area (Å²) in [6.07, 6.45) is 1.10. The fourth-order valence-electron chi connectivity index (χ4n) is 6.23. The van der Waals surface area contributed by atoms with E-state index in [1.807, 2.05) is 49.9 Å². The molecule has 3 atom stereocenters. The molecule has 1 unspecified atom stereocenters. The number of hydrogen-bond donors (Lipinski definition) is 2. The molecule has 2 N–H and O–H groups in total. The molecule has 0 aromatic heterocycles. The van der Waals surface area contributed by atoms with Gasteiger partial charge in [-0.05, 0) is 78.4 Å². The van der Waals surface area contributed by atoms with E-state index in [9.17, 15) is 19.1 Å². The van der Waals surface area contributed by atoms with Gasteiger partial charge in [0, 0.05) is 24.2 Å². The number of hydrogen-bond acceptors (Lipinski definition) is 7. The van der Waals surface area contributed by atoms with Crippen molar-refractivity contribution in [3.05, 3.63) is 76.6 Å². The number of carboxylic acids is 1. The van der Waals surface area contributed by atoms with Gasteiger partial charge in [-0.15, -0.1) is 0 Å². The van der Waals surface area contributed by atoms with Crippen molar-refractivity contribution in [2.24, 2.45) is 5.92 Å². The third-order valence-corrected chi connectivity index (χ3v) is 8.16. The summed E-state index contributed by atoms with van der Waals surface area (Å²) >= 11 is 0. The van der Waals surface area contributed by atoms with Gasteiger partial charge in [-0.3, -0.25) is 14.5 Å². The highest BCUT2D eigenvalue weighted by Crippen LogP contribution is 2.50. The molecular formula is C33H37FN2O7. The van der Waals surface area contributed by atoms with Gasteiger partial charge in [0.1, 0.15) is 11.6 Å². The number of anilines is 1. The van der Waals surface area contributed by atoms with Crippen molar-refractivity contribution in [3.63, 3.8) is 0 Å². The monoisotopic (exact) mass is 592 g/mol. The van der Waals surface area contributed by atoms with Gasteiger partial charge in [0.25, 0.3) is 0 Å². The van der Waals surface area contributed by atoms with Crippen molar-refractivity contribution in [1.29, 1.82) is 0 Å². The molecule has 3 aromatic rings. The van der Waals surface area contributed by atoms with Gasteiger partial charge in [0.05, 0.1) is 26.2 Å². The molecule has 1 fully saturated rings. The maximum absolute atomic E-state index is 14.2. The van der Waals surface area contributed by atoms with Crippen LogP contribution < -0.4 is 24.3 Å². The molecule has 5 rings (SSSR count). The Kier molecular flexibility index (Phi) is 9.05. The van der Waals surface area contributed by atoms with Gasteiger partial charge >= 0.3 is 5.97 Å². The fourth-order valence-corrected chi connectivity index (χ4v) is 6.23. The summed E-state index contributed by atoms with van der Waals surface area (Å²) in [5.74, 6) is -0.911. The number of nitrogens with zero attached hydrogens (tertiary/aromatic N) is 1. The van der Waals surface area contributed by atoms with Crippen molar-refractivity contribution in [1.82, 2.24) is 4.90 Å². The van der Waals surface area contributed by atoms with Crippen molar-refractivity contribution < 1.29 is 38.0 Å². The Morgan fingerprint density at radius 3 is 2.33 bits per heavy atom. The van der Waals surface area contributed by atoms with E-state index in [4.69, 9.17) is 18.9 Å². The molecule has 228 valence electrons. The first-order chi connectivity index (χ1) is 20.8. The number of carbonyl (C=O) groups is 2. The van der Waals surface area contributed by atoms with Crippen LogP contribution in [-0.4, -0.2) is 55.5 Å². The van der Waals surface area contributed by atoms with E-state index in [0.717, 1.165) is 5.56 Å². The first kappa shape index (κ1) is 30.2. The molecule has 0 aliphatic carbocycles. The van der Waals surface area contributed by atoms with Crippen molar-refractivity contribution in [2.75, 3.05) is 38.9 Å². The quantitative estimate of drug-likeness (QED) is 0.298. The number of amides is 1. The van der Waals surface area contributed by atoms with Crippen LogP contribution >= 0.6 is 0 Å². The van der Waals surface area contributed by atoms with Crippen LogP contribution in [0.15, 0.2) is 48.5 Å². The van der Waals surface area contributed by atoms with Gasteiger partial charge < -0.3 is 29.4 Å². The number of rotatable bonds is 11. The Morgan fingerprint density at radius 1 is 1.02 bits per heavy atom. The number of halogens is 1. The van der Waals surface area contributed by atoms with Gasteiger partial charge in [0.2, 0.25) is 18.4 Å². The summed E-state index contributed by atoms with van der Waals surface area (Å²) in [5, 5.41) is 13.6. The lowest BCUT2D eigenvalue weighted by Crippen LogP contribution is -2.35. The Morgan fingerprint density at radius 2 is 1.72 bits per heavy atom. The van der Waals surface area contributed by atoms with Gasteiger partial charge in [-0.2, -0.15) is 0 Å². The molecule has 3 aromatic carbocycles. The number of fused-ring (bicyclic) bond motifs is 1. The third kappa shape index (κ3) is 6.10. The van der Waals surface area contributed by atoms with E-state index in [1.54, 1.807) is 12.1 Å². The molecule has 43 heavy (non-hydrogen) atoms. The predicted octanol–water partition coefficient (Wildman–Crippen LogP) is 5.57. The fraction of sp³-hybridized carbons (Fsp3) is 0.394. The van der Waals surface area contributed by atoms with E-state index >= 15 is 0 Å². The summed E-state index contributed by atoms with van der Waals surface area (Å²) in [6.45, 7) is 6.49. The molecular weight excluding hydrogens is 555 g/mol. The van der Waals surface area contributed by atoms with Gasteiger partial charge in [-0.1, -0.05) is 26.0 Å². The van der Waals surface area contributed by atoms with Crippen LogP contribution in [0.2, 0.25) is 0 Å². The average molecular weight is 593 g/mol. The van der Waals surface area contributed by atoms with Crippen LogP contribution in [0.3, 0.4) is 0 Å². The molecule has 0 spiro atoms. The second-order valence-corrected chi connectivity index (χ2v) is 10.7. The van der Waals surface area contributed by atoms with Gasteiger partial charge in [0.15, 0.2) is 11.5 Å². The molecule has 0 saturated carbocycles.